The summed E-state index contributed by atoms with van der Waals surface area (Å²) in [6.07, 6.45) is -0.0661. The molecule has 0 spiro atoms. The molecule has 1 aromatic carbocycles. The Bertz CT molecular complexity index is 403. The van der Waals surface area contributed by atoms with Gasteiger partial charge in [0, 0.05) is 12.1 Å². The second-order valence-electron chi connectivity index (χ2n) is 4.16. The van der Waals surface area contributed by atoms with E-state index in [4.69, 9.17) is 10.2 Å². The van der Waals surface area contributed by atoms with Crippen molar-refractivity contribution in [1.29, 1.82) is 0 Å². The molecular weight excluding hydrogens is 222 g/mol. The monoisotopic (exact) mass is 239 g/mol. The summed E-state index contributed by atoms with van der Waals surface area (Å²) in [6, 6.07) is 3.58. The summed E-state index contributed by atoms with van der Waals surface area (Å²) in [5.74, 6) is -0.807. The quantitative estimate of drug-likeness (QED) is 0.630. The first-order valence-electron chi connectivity index (χ1n) is 5.41. The molecule has 1 rings (SSSR count). The van der Waals surface area contributed by atoms with Crippen LogP contribution in [-0.2, 0) is 0 Å². The number of amides is 1. The second-order valence-corrected chi connectivity index (χ2v) is 4.16. The maximum atomic E-state index is 11.7. The average Bonchev–Trinajstić information content (AvgIpc) is 2.15. The van der Waals surface area contributed by atoms with Gasteiger partial charge in [-0.2, -0.15) is 0 Å². The lowest BCUT2D eigenvalue weighted by atomic mass is 10.1. The van der Waals surface area contributed by atoms with Gasteiger partial charge in [0.25, 0.3) is 5.91 Å². The number of nitrogens with one attached hydrogen (secondary N) is 1. The number of carbonyl (C=O) groups is 1. The molecule has 17 heavy (non-hydrogen) atoms. The highest BCUT2D eigenvalue weighted by atomic mass is 16.3. The number of phenolic OH excluding ortho intramolecular Hbond substituents is 2. The zero-order valence-corrected chi connectivity index (χ0v) is 9.84. The molecule has 0 aromatic heterocycles. The predicted molar refractivity (Wildman–Crippen MR) is 63.0 cm³/mol. The third-order valence-corrected chi connectivity index (χ3v) is 2.30. The van der Waals surface area contributed by atoms with Gasteiger partial charge in [-0.3, -0.25) is 4.79 Å². The van der Waals surface area contributed by atoms with E-state index in [9.17, 15) is 9.90 Å². The molecule has 5 heteroatoms. The molecule has 0 bridgehead atoms. The van der Waals surface area contributed by atoms with Crippen molar-refractivity contribution in [3.63, 3.8) is 0 Å². The molecule has 2 atom stereocenters. The third kappa shape index (κ3) is 3.96. The predicted octanol–water partition coefficient (Wildman–Crippen LogP) is 0.987. The number of phenols is 2. The van der Waals surface area contributed by atoms with Crippen molar-refractivity contribution < 1.29 is 20.1 Å². The molecule has 94 valence electrons. The van der Waals surface area contributed by atoms with Crippen LogP contribution in [0.2, 0.25) is 0 Å². The van der Waals surface area contributed by atoms with E-state index in [0.717, 1.165) is 6.07 Å². The fourth-order valence-corrected chi connectivity index (χ4v) is 1.58. The first kappa shape index (κ1) is 13.3. The van der Waals surface area contributed by atoms with Crippen LogP contribution in [0.3, 0.4) is 0 Å². The van der Waals surface area contributed by atoms with E-state index >= 15 is 0 Å². The number of aliphatic hydroxyl groups is 1. The number of hydrogen-bond donors (Lipinski definition) is 4. The number of rotatable bonds is 4. The summed E-state index contributed by atoms with van der Waals surface area (Å²) in [4.78, 5) is 11.7. The van der Waals surface area contributed by atoms with Gasteiger partial charge >= 0.3 is 0 Å². The van der Waals surface area contributed by atoms with Crippen LogP contribution in [0.5, 0.6) is 11.5 Å². The molecule has 0 fully saturated rings. The smallest absolute Gasteiger partial charge is 0.255 e. The second kappa shape index (κ2) is 5.54. The lowest BCUT2D eigenvalue weighted by Gasteiger charge is -2.15. The van der Waals surface area contributed by atoms with Crippen molar-refractivity contribution in [2.24, 2.45) is 0 Å². The van der Waals surface area contributed by atoms with Crippen molar-refractivity contribution in [2.75, 3.05) is 0 Å². The molecule has 0 aliphatic rings. The molecule has 0 saturated carbocycles. The van der Waals surface area contributed by atoms with Crippen LogP contribution in [0.25, 0.3) is 0 Å². The fraction of sp³-hybridized carbons (Fsp3) is 0.417. The van der Waals surface area contributed by atoms with E-state index in [0.29, 0.717) is 6.42 Å². The molecule has 0 radical (unpaired) electrons. The van der Waals surface area contributed by atoms with Gasteiger partial charge in [0.1, 0.15) is 11.5 Å². The Labute approximate surface area is 99.7 Å². The van der Waals surface area contributed by atoms with Gasteiger partial charge in [-0.1, -0.05) is 0 Å². The molecule has 0 aliphatic carbocycles. The Hall–Kier alpha value is -1.75. The van der Waals surface area contributed by atoms with Gasteiger partial charge in [0.2, 0.25) is 0 Å². The molecule has 1 aromatic rings. The van der Waals surface area contributed by atoms with E-state index in [1.807, 2.05) is 0 Å². The number of benzene rings is 1. The standard InChI is InChI=1S/C12H17NO4/c1-7(5-8(2)14)13-12(17)10-4-3-9(15)6-11(10)16/h3-4,6-8,14-16H,5H2,1-2H3,(H,13,17). The first-order valence-corrected chi connectivity index (χ1v) is 5.41. The van der Waals surface area contributed by atoms with Gasteiger partial charge in [0.15, 0.2) is 0 Å². The summed E-state index contributed by atoms with van der Waals surface area (Å²) in [5, 5.41) is 30.4. The summed E-state index contributed by atoms with van der Waals surface area (Å²) in [5.41, 5.74) is 0.0974. The van der Waals surface area contributed by atoms with Crippen LogP contribution in [0.1, 0.15) is 30.6 Å². The highest BCUT2D eigenvalue weighted by Crippen LogP contribution is 2.22. The third-order valence-electron chi connectivity index (χ3n) is 2.30. The van der Waals surface area contributed by atoms with Gasteiger partial charge in [-0.25, -0.2) is 0 Å². The van der Waals surface area contributed by atoms with Crippen LogP contribution in [0.4, 0.5) is 0 Å². The Morgan fingerprint density at radius 3 is 2.53 bits per heavy atom. The molecular formula is C12H17NO4. The normalized spacial score (nSPS) is 14.1. The largest absolute Gasteiger partial charge is 0.508 e. The van der Waals surface area contributed by atoms with Crippen LogP contribution in [0.15, 0.2) is 18.2 Å². The van der Waals surface area contributed by atoms with E-state index in [2.05, 4.69) is 5.32 Å². The van der Waals surface area contributed by atoms with E-state index in [1.54, 1.807) is 13.8 Å². The lowest BCUT2D eigenvalue weighted by molar-refractivity contribution is 0.0920. The van der Waals surface area contributed by atoms with E-state index in [-0.39, 0.29) is 23.1 Å². The first-order chi connectivity index (χ1) is 7.90. The summed E-state index contributed by atoms with van der Waals surface area (Å²) in [6.45, 7) is 3.41. The topological polar surface area (TPSA) is 89.8 Å². The average molecular weight is 239 g/mol. The minimum absolute atomic E-state index is 0.0974. The van der Waals surface area contributed by atoms with Crippen LogP contribution < -0.4 is 5.32 Å². The Morgan fingerprint density at radius 2 is 2.00 bits per heavy atom. The SMILES string of the molecule is CC(O)CC(C)NC(=O)c1ccc(O)cc1O. The van der Waals surface area contributed by atoms with Gasteiger partial charge in [-0.15, -0.1) is 0 Å². The van der Waals surface area contributed by atoms with Crippen LogP contribution in [0, 0.1) is 0 Å². The summed E-state index contributed by atoms with van der Waals surface area (Å²) >= 11 is 0. The molecule has 1 amide bonds. The minimum atomic E-state index is -0.501. The summed E-state index contributed by atoms with van der Waals surface area (Å²) in [7, 11) is 0. The fourth-order valence-electron chi connectivity index (χ4n) is 1.58. The van der Waals surface area contributed by atoms with Crippen molar-refractivity contribution in [1.82, 2.24) is 5.32 Å². The maximum Gasteiger partial charge on any atom is 0.255 e. The Morgan fingerprint density at radius 1 is 1.35 bits per heavy atom. The van der Waals surface area contributed by atoms with Gasteiger partial charge in [-0.05, 0) is 32.4 Å². The van der Waals surface area contributed by atoms with Crippen molar-refractivity contribution in [3.05, 3.63) is 23.8 Å². The van der Waals surface area contributed by atoms with Gasteiger partial charge < -0.3 is 20.6 Å². The van der Waals surface area contributed by atoms with Crippen molar-refractivity contribution in [3.8, 4) is 11.5 Å². The van der Waals surface area contributed by atoms with E-state index < -0.39 is 12.0 Å². The molecule has 5 nitrogen and oxygen atoms in total. The lowest BCUT2D eigenvalue weighted by Crippen LogP contribution is -2.34. The number of hydrogen-bond acceptors (Lipinski definition) is 4. The zero-order chi connectivity index (χ0) is 13.0. The molecule has 0 aliphatic heterocycles. The Balaban J connectivity index is 2.70. The number of aromatic hydroxyl groups is 2. The van der Waals surface area contributed by atoms with Gasteiger partial charge in [0.05, 0.1) is 11.7 Å². The number of carbonyl (C=O) groups excluding carboxylic acids is 1. The highest BCUT2D eigenvalue weighted by Gasteiger charge is 2.15. The van der Waals surface area contributed by atoms with E-state index in [1.165, 1.54) is 12.1 Å². The van der Waals surface area contributed by atoms with Crippen molar-refractivity contribution >= 4 is 5.91 Å². The zero-order valence-electron chi connectivity index (χ0n) is 9.84. The Kier molecular flexibility index (Phi) is 4.34. The molecule has 0 saturated heterocycles. The summed E-state index contributed by atoms with van der Waals surface area (Å²) < 4.78 is 0. The van der Waals surface area contributed by atoms with Crippen LogP contribution >= 0.6 is 0 Å². The molecule has 2 unspecified atom stereocenters. The number of aliphatic hydroxyl groups excluding tert-OH is 1. The molecule has 4 N–H and O–H groups in total. The minimum Gasteiger partial charge on any atom is -0.508 e. The molecule has 0 heterocycles. The highest BCUT2D eigenvalue weighted by molar-refractivity contribution is 5.97. The maximum absolute atomic E-state index is 11.7. The van der Waals surface area contributed by atoms with Crippen molar-refractivity contribution in [2.45, 2.75) is 32.4 Å². The van der Waals surface area contributed by atoms with Crippen LogP contribution in [-0.4, -0.2) is 33.4 Å².